The second-order valence-corrected chi connectivity index (χ2v) is 14.0. The van der Waals surface area contributed by atoms with Crippen molar-refractivity contribution in [2.75, 3.05) is 0 Å². The van der Waals surface area contributed by atoms with Gasteiger partial charge in [-0.15, -0.1) is 11.3 Å². The van der Waals surface area contributed by atoms with E-state index in [9.17, 15) is 0 Å². The highest BCUT2D eigenvalue weighted by atomic mass is 32.1. The van der Waals surface area contributed by atoms with E-state index in [0.717, 1.165) is 66.0 Å². The Morgan fingerprint density at radius 2 is 1.14 bits per heavy atom. The molecule has 50 heavy (non-hydrogen) atoms. The molecule has 0 radical (unpaired) electrons. The Balaban J connectivity index is 1.17. The third-order valence-electron chi connectivity index (χ3n) is 10.0. The van der Waals surface area contributed by atoms with Crippen LogP contribution in [0, 0.1) is 0 Å². The highest BCUT2D eigenvalue weighted by Crippen LogP contribution is 2.41. The van der Waals surface area contributed by atoms with Gasteiger partial charge in [-0.1, -0.05) is 109 Å². The van der Waals surface area contributed by atoms with Gasteiger partial charge in [0, 0.05) is 47.5 Å². The molecule has 3 heterocycles. The second kappa shape index (κ2) is 10.6. The van der Waals surface area contributed by atoms with Crippen LogP contribution in [0.15, 0.2) is 162 Å². The zero-order valence-corrected chi connectivity index (χ0v) is 27.5. The summed E-state index contributed by atoms with van der Waals surface area (Å²) in [6, 6.07) is 56.1. The van der Waals surface area contributed by atoms with Crippen LogP contribution in [0.4, 0.5) is 0 Å². The monoisotopic (exact) mass is 654 g/mol. The average molecular weight is 655 g/mol. The largest absolute Gasteiger partial charge is 0.455 e. The molecule has 0 aliphatic carbocycles. The van der Waals surface area contributed by atoms with Gasteiger partial charge in [0.15, 0.2) is 5.82 Å². The summed E-state index contributed by atoms with van der Waals surface area (Å²) in [5.41, 5.74) is 7.84. The Bertz CT molecular complexity index is 3170. The quantitative estimate of drug-likeness (QED) is 0.190. The van der Waals surface area contributed by atoms with Crippen LogP contribution in [0.3, 0.4) is 0 Å². The van der Waals surface area contributed by atoms with Gasteiger partial charge in [0.25, 0.3) is 0 Å². The van der Waals surface area contributed by atoms with Crippen molar-refractivity contribution in [3.63, 3.8) is 0 Å². The third-order valence-corrected chi connectivity index (χ3v) is 11.2. The number of benzene rings is 8. The van der Waals surface area contributed by atoms with E-state index in [1.807, 2.05) is 11.3 Å². The Hall–Kier alpha value is -6.36. The maximum Gasteiger partial charge on any atom is 0.160 e. The molecule has 4 heteroatoms. The minimum Gasteiger partial charge on any atom is -0.455 e. The molecule has 0 unspecified atom stereocenters. The predicted molar refractivity (Wildman–Crippen MR) is 211 cm³/mol. The van der Waals surface area contributed by atoms with Crippen molar-refractivity contribution >= 4 is 85.9 Å². The van der Waals surface area contributed by atoms with Crippen LogP contribution >= 0.6 is 11.3 Å². The van der Waals surface area contributed by atoms with Gasteiger partial charge in [-0.05, 0) is 75.8 Å². The molecule has 0 atom stereocenters. The standard InChI is InChI=1S/C46H26N2OS/c1-2-10-29-24-32(17-16-27(29)8-1)43-37-21-22-39-42(36-20-18-28-9-3-4-13-34(28)45(36)49-39)44(37)48-46(47-43)33-12-7-11-30(25-33)31-19-23-41-38(26-31)35-14-5-6-15-40(35)50-41/h1-26H. The fourth-order valence-electron chi connectivity index (χ4n) is 7.61. The molecular weight excluding hydrogens is 629 g/mol. The fraction of sp³-hybridized carbons (Fsp3) is 0. The third kappa shape index (κ3) is 4.16. The summed E-state index contributed by atoms with van der Waals surface area (Å²) in [4.78, 5) is 10.7. The van der Waals surface area contributed by atoms with Gasteiger partial charge in [-0.3, -0.25) is 0 Å². The van der Waals surface area contributed by atoms with Crippen LogP contribution in [0.5, 0.6) is 0 Å². The van der Waals surface area contributed by atoms with Gasteiger partial charge < -0.3 is 4.42 Å². The normalized spacial score (nSPS) is 12.0. The van der Waals surface area contributed by atoms with E-state index in [-0.39, 0.29) is 0 Å². The topological polar surface area (TPSA) is 38.9 Å². The Labute approximate surface area is 290 Å². The second-order valence-electron chi connectivity index (χ2n) is 12.9. The first-order chi connectivity index (χ1) is 24.7. The molecular formula is C46H26N2OS. The van der Waals surface area contributed by atoms with Gasteiger partial charge in [0.1, 0.15) is 11.2 Å². The van der Waals surface area contributed by atoms with Crippen LogP contribution < -0.4 is 0 Å². The molecule has 232 valence electrons. The summed E-state index contributed by atoms with van der Waals surface area (Å²) < 4.78 is 9.21. The molecule has 0 saturated heterocycles. The van der Waals surface area contributed by atoms with E-state index in [2.05, 4.69) is 158 Å². The summed E-state index contributed by atoms with van der Waals surface area (Å²) in [6.45, 7) is 0. The SMILES string of the molecule is c1cc(-c2ccc3sc4ccccc4c3c2)cc(-c2nc(-c3ccc4ccccc4c3)c3ccc4oc5c6ccccc6ccc5c4c3n2)c1. The molecule has 8 aromatic carbocycles. The molecule has 3 nitrogen and oxygen atoms in total. The maximum absolute atomic E-state index is 6.60. The Morgan fingerprint density at radius 1 is 0.420 bits per heavy atom. The number of fused-ring (bicyclic) bond motifs is 11. The van der Waals surface area contributed by atoms with Crippen LogP contribution in [-0.2, 0) is 0 Å². The zero-order chi connectivity index (χ0) is 32.8. The molecule has 0 N–H and O–H groups in total. The molecule has 0 aliphatic heterocycles. The zero-order valence-electron chi connectivity index (χ0n) is 26.7. The fourth-order valence-corrected chi connectivity index (χ4v) is 8.70. The lowest BCUT2D eigenvalue weighted by Crippen LogP contribution is -1.96. The minimum absolute atomic E-state index is 0.687. The van der Waals surface area contributed by atoms with Gasteiger partial charge in [0.2, 0.25) is 0 Å². The highest BCUT2D eigenvalue weighted by molar-refractivity contribution is 7.25. The summed E-state index contributed by atoms with van der Waals surface area (Å²) >= 11 is 1.84. The number of aromatic nitrogens is 2. The van der Waals surface area contributed by atoms with Crippen molar-refractivity contribution in [1.29, 1.82) is 0 Å². The smallest absolute Gasteiger partial charge is 0.160 e. The summed E-state index contributed by atoms with van der Waals surface area (Å²) in [6.07, 6.45) is 0. The first-order valence-electron chi connectivity index (χ1n) is 16.8. The van der Waals surface area contributed by atoms with Crippen molar-refractivity contribution < 1.29 is 4.42 Å². The lowest BCUT2D eigenvalue weighted by molar-refractivity contribution is 0.673. The number of thiophene rings is 1. The molecule has 0 saturated carbocycles. The number of nitrogens with zero attached hydrogens (tertiary/aromatic N) is 2. The molecule has 0 fully saturated rings. The van der Waals surface area contributed by atoms with Gasteiger partial charge in [-0.2, -0.15) is 0 Å². The van der Waals surface area contributed by atoms with E-state index in [0.29, 0.717) is 5.82 Å². The number of hydrogen-bond acceptors (Lipinski definition) is 4. The van der Waals surface area contributed by atoms with E-state index in [4.69, 9.17) is 14.4 Å². The molecule has 11 rings (SSSR count). The number of hydrogen-bond donors (Lipinski definition) is 0. The highest BCUT2D eigenvalue weighted by Gasteiger charge is 2.19. The molecule has 3 aromatic heterocycles. The van der Waals surface area contributed by atoms with E-state index >= 15 is 0 Å². The van der Waals surface area contributed by atoms with E-state index < -0.39 is 0 Å². The number of rotatable bonds is 3. The van der Waals surface area contributed by atoms with Gasteiger partial charge in [-0.25, -0.2) is 9.97 Å². The van der Waals surface area contributed by atoms with Crippen molar-refractivity contribution in [3.05, 3.63) is 158 Å². The molecule has 0 amide bonds. The molecule has 0 bridgehead atoms. The molecule has 0 spiro atoms. The Kier molecular flexibility index (Phi) is 5.83. The van der Waals surface area contributed by atoms with Gasteiger partial charge in [0.05, 0.1) is 16.6 Å². The molecule has 0 aliphatic rings. The number of furan rings is 1. The van der Waals surface area contributed by atoms with Crippen molar-refractivity contribution in [2.24, 2.45) is 0 Å². The summed E-state index contributed by atoms with van der Waals surface area (Å²) in [5.74, 6) is 0.687. The lowest BCUT2D eigenvalue weighted by atomic mass is 9.98. The van der Waals surface area contributed by atoms with Crippen LogP contribution in [0.1, 0.15) is 0 Å². The average Bonchev–Trinajstić information content (AvgIpc) is 3.76. The summed E-state index contributed by atoms with van der Waals surface area (Å²) in [5, 5.41) is 10.3. The first-order valence-corrected chi connectivity index (χ1v) is 17.6. The van der Waals surface area contributed by atoms with E-state index in [1.165, 1.54) is 36.5 Å². The van der Waals surface area contributed by atoms with Gasteiger partial charge >= 0.3 is 0 Å². The van der Waals surface area contributed by atoms with Crippen molar-refractivity contribution in [2.45, 2.75) is 0 Å². The van der Waals surface area contributed by atoms with Crippen molar-refractivity contribution in [3.8, 4) is 33.8 Å². The Morgan fingerprint density at radius 3 is 2.08 bits per heavy atom. The van der Waals surface area contributed by atoms with E-state index in [1.54, 1.807) is 0 Å². The van der Waals surface area contributed by atoms with Crippen LogP contribution in [-0.4, -0.2) is 9.97 Å². The predicted octanol–water partition coefficient (Wildman–Crippen LogP) is 13.2. The summed E-state index contributed by atoms with van der Waals surface area (Å²) in [7, 11) is 0. The van der Waals surface area contributed by atoms with Crippen LogP contribution in [0.25, 0.3) is 108 Å². The maximum atomic E-state index is 6.60. The minimum atomic E-state index is 0.687. The molecule has 11 aromatic rings. The lowest BCUT2D eigenvalue weighted by Gasteiger charge is -2.12. The van der Waals surface area contributed by atoms with Crippen molar-refractivity contribution in [1.82, 2.24) is 9.97 Å². The van der Waals surface area contributed by atoms with Crippen LogP contribution in [0.2, 0.25) is 0 Å². The first kappa shape index (κ1) is 27.6.